The maximum atomic E-state index is 11.9. The molecule has 0 aliphatic carbocycles. The Labute approximate surface area is 104 Å². The summed E-state index contributed by atoms with van der Waals surface area (Å²) in [6.07, 6.45) is 0. The third kappa shape index (κ3) is 2.65. The van der Waals surface area contributed by atoms with E-state index in [0.717, 1.165) is 4.88 Å². The lowest BCUT2D eigenvalue weighted by Crippen LogP contribution is -2.11. The van der Waals surface area contributed by atoms with Gasteiger partial charge < -0.3 is 10.1 Å². The van der Waals surface area contributed by atoms with Crippen LogP contribution in [0, 0.1) is 6.92 Å². The molecule has 0 saturated heterocycles. The number of carbonyl (C=O) groups excluding carboxylic acids is 1. The van der Waals surface area contributed by atoms with E-state index in [-0.39, 0.29) is 5.91 Å². The lowest BCUT2D eigenvalue weighted by molar-refractivity contribution is 0.102. The van der Waals surface area contributed by atoms with Gasteiger partial charge in [-0.15, -0.1) is 11.3 Å². The van der Waals surface area contributed by atoms with Crippen molar-refractivity contribution in [2.75, 3.05) is 12.4 Å². The van der Waals surface area contributed by atoms with Gasteiger partial charge in [0.1, 0.15) is 5.75 Å². The number of hydrogen-bond donors (Lipinski definition) is 1. The maximum absolute atomic E-state index is 11.9. The van der Waals surface area contributed by atoms with Gasteiger partial charge in [-0.05, 0) is 25.1 Å². The molecule has 0 aliphatic rings. The zero-order valence-electron chi connectivity index (χ0n) is 9.69. The molecule has 0 aliphatic heterocycles. The monoisotopic (exact) mass is 247 g/mol. The number of para-hydroxylation sites is 2. The highest BCUT2D eigenvalue weighted by molar-refractivity contribution is 7.10. The minimum atomic E-state index is -0.112. The number of rotatable bonds is 3. The summed E-state index contributed by atoms with van der Waals surface area (Å²) in [5.41, 5.74) is 1.36. The summed E-state index contributed by atoms with van der Waals surface area (Å²) in [5, 5.41) is 4.68. The summed E-state index contributed by atoms with van der Waals surface area (Å²) in [6, 6.07) is 9.22. The molecule has 0 atom stereocenters. The summed E-state index contributed by atoms with van der Waals surface area (Å²) in [6.45, 7) is 1.98. The number of carbonyl (C=O) groups is 1. The van der Waals surface area contributed by atoms with Crippen molar-refractivity contribution >= 4 is 22.9 Å². The van der Waals surface area contributed by atoms with Gasteiger partial charge in [-0.25, -0.2) is 0 Å². The van der Waals surface area contributed by atoms with E-state index >= 15 is 0 Å². The van der Waals surface area contributed by atoms with Crippen LogP contribution in [0.3, 0.4) is 0 Å². The van der Waals surface area contributed by atoms with Crippen LogP contribution >= 0.6 is 11.3 Å². The SMILES string of the molecule is COc1ccccc1NC(=O)c1csc(C)c1. The molecule has 3 nitrogen and oxygen atoms in total. The first-order valence-electron chi connectivity index (χ1n) is 5.20. The molecule has 88 valence electrons. The fourth-order valence-corrected chi connectivity index (χ4v) is 2.19. The molecule has 4 heteroatoms. The summed E-state index contributed by atoms with van der Waals surface area (Å²) >= 11 is 1.56. The molecule has 0 bridgehead atoms. The third-order valence-corrected chi connectivity index (χ3v) is 3.21. The molecular formula is C13H13NO2S. The Balaban J connectivity index is 2.18. The highest BCUT2D eigenvalue weighted by Gasteiger charge is 2.10. The van der Waals surface area contributed by atoms with Crippen LogP contribution < -0.4 is 10.1 Å². The molecule has 1 heterocycles. The number of thiophene rings is 1. The van der Waals surface area contributed by atoms with E-state index < -0.39 is 0 Å². The number of methoxy groups -OCH3 is 1. The number of ether oxygens (including phenoxy) is 1. The zero-order valence-corrected chi connectivity index (χ0v) is 10.5. The third-order valence-electron chi connectivity index (χ3n) is 2.35. The Morgan fingerprint density at radius 1 is 1.35 bits per heavy atom. The van der Waals surface area contributed by atoms with Crippen LogP contribution in [0.5, 0.6) is 5.75 Å². The highest BCUT2D eigenvalue weighted by atomic mass is 32.1. The van der Waals surface area contributed by atoms with Gasteiger partial charge in [0.25, 0.3) is 5.91 Å². The first-order chi connectivity index (χ1) is 8.20. The first kappa shape index (κ1) is 11.7. The van der Waals surface area contributed by atoms with Gasteiger partial charge in [0.2, 0.25) is 0 Å². The van der Waals surface area contributed by atoms with Crippen LogP contribution in [-0.4, -0.2) is 13.0 Å². The van der Waals surface area contributed by atoms with E-state index in [0.29, 0.717) is 17.0 Å². The van der Waals surface area contributed by atoms with Crippen molar-refractivity contribution in [3.05, 3.63) is 46.2 Å². The van der Waals surface area contributed by atoms with E-state index in [4.69, 9.17) is 4.74 Å². The molecule has 0 radical (unpaired) electrons. The van der Waals surface area contributed by atoms with Crippen molar-refractivity contribution in [1.29, 1.82) is 0 Å². The van der Waals surface area contributed by atoms with Crippen molar-refractivity contribution in [3.63, 3.8) is 0 Å². The normalized spacial score (nSPS) is 10.0. The van der Waals surface area contributed by atoms with Gasteiger partial charge in [0, 0.05) is 10.3 Å². The molecule has 0 unspecified atom stereocenters. The van der Waals surface area contributed by atoms with Crippen molar-refractivity contribution in [1.82, 2.24) is 0 Å². The summed E-state index contributed by atoms with van der Waals surface area (Å²) in [5.74, 6) is 0.548. The van der Waals surface area contributed by atoms with Gasteiger partial charge in [-0.1, -0.05) is 12.1 Å². The molecule has 0 fully saturated rings. The molecule has 1 amide bonds. The predicted molar refractivity (Wildman–Crippen MR) is 70.0 cm³/mol. The molecule has 1 aromatic heterocycles. The minimum Gasteiger partial charge on any atom is -0.495 e. The molecule has 1 N–H and O–H groups in total. The number of benzene rings is 1. The highest BCUT2D eigenvalue weighted by Crippen LogP contribution is 2.24. The van der Waals surface area contributed by atoms with Gasteiger partial charge in [0.15, 0.2) is 0 Å². The molecule has 0 saturated carbocycles. The topological polar surface area (TPSA) is 38.3 Å². The van der Waals surface area contributed by atoms with Crippen LogP contribution in [0.2, 0.25) is 0 Å². The number of aryl methyl sites for hydroxylation is 1. The Bertz CT molecular complexity index is 534. The Morgan fingerprint density at radius 2 is 2.12 bits per heavy atom. The van der Waals surface area contributed by atoms with Crippen LogP contribution in [0.15, 0.2) is 35.7 Å². The fourth-order valence-electron chi connectivity index (χ4n) is 1.50. The smallest absolute Gasteiger partial charge is 0.256 e. The first-order valence-corrected chi connectivity index (χ1v) is 6.08. The Hall–Kier alpha value is -1.81. The van der Waals surface area contributed by atoms with Gasteiger partial charge >= 0.3 is 0 Å². The van der Waals surface area contributed by atoms with Crippen LogP contribution in [-0.2, 0) is 0 Å². The fraction of sp³-hybridized carbons (Fsp3) is 0.154. The zero-order chi connectivity index (χ0) is 12.3. The van der Waals surface area contributed by atoms with E-state index in [1.165, 1.54) is 0 Å². The van der Waals surface area contributed by atoms with E-state index in [1.54, 1.807) is 18.4 Å². The van der Waals surface area contributed by atoms with Crippen LogP contribution in [0.1, 0.15) is 15.2 Å². The number of anilines is 1. The van der Waals surface area contributed by atoms with Gasteiger partial charge in [0.05, 0.1) is 18.4 Å². The molecule has 2 aromatic rings. The van der Waals surface area contributed by atoms with Crippen molar-refractivity contribution in [2.45, 2.75) is 6.92 Å². The average Bonchev–Trinajstić information content (AvgIpc) is 2.77. The second-order valence-electron chi connectivity index (χ2n) is 3.60. The standard InChI is InChI=1S/C13H13NO2S/c1-9-7-10(8-17-9)13(15)14-11-5-3-4-6-12(11)16-2/h3-8H,1-2H3,(H,14,15). The number of hydrogen-bond acceptors (Lipinski definition) is 3. The number of nitrogens with one attached hydrogen (secondary N) is 1. The van der Waals surface area contributed by atoms with Gasteiger partial charge in [-0.3, -0.25) is 4.79 Å². The molecule has 0 spiro atoms. The van der Waals surface area contributed by atoms with E-state index in [2.05, 4.69) is 5.32 Å². The van der Waals surface area contributed by atoms with Crippen molar-refractivity contribution in [3.8, 4) is 5.75 Å². The second kappa shape index (κ2) is 5.01. The summed E-state index contributed by atoms with van der Waals surface area (Å²) in [7, 11) is 1.58. The molecule has 1 aromatic carbocycles. The molecule has 2 rings (SSSR count). The van der Waals surface area contributed by atoms with E-state index in [9.17, 15) is 4.79 Å². The van der Waals surface area contributed by atoms with Crippen molar-refractivity contribution in [2.24, 2.45) is 0 Å². The summed E-state index contributed by atoms with van der Waals surface area (Å²) < 4.78 is 5.18. The molecular weight excluding hydrogens is 234 g/mol. The maximum Gasteiger partial charge on any atom is 0.256 e. The lowest BCUT2D eigenvalue weighted by atomic mass is 10.2. The van der Waals surface area contributed by atoms with Crippen LogP contribution in [0.25, 0.3) is 0 Å². The Morgan fingerprint density at radius 3 is 2.76 bits per heavy atom. The van der Waals surface area contributed by atoms with E-state index in [1.807, 2.05) is 42.6 Å². The summed E-state index contributed by atoms with van der Waals surface area (Å²) in [4.78, 5) is 13.1. The molecule has 17 heavy (non-hydrogen) atoms. The van der Waals surface area contributed by atoms with Crippen molar-refractivity contribution < 1.29 is 9.53 Å². The Kier molecular flexibility index (Phi) is 3.44. The minimum absolute atomic E-state index is 0.112. The van der Waals surface area contributed by atoms with Crippen LogP contribution in [0.4, 0.5) is 5.69 Å². The lowest BCUT2D eigenvalue weighted by Gasteiger charge is -2.08. The average molecular weight is 247 g/mol. The quantitative estimate of drug-likeness (QED) is 0.903. The number of amides is 1. The second-order valence-corrected chi connectivity index (χ2v) is 4.72. The predicted octanol–water partition coefficient (Wildman–Crippen LogP) is 3.32. The van der Waals surface area contributed by atoms with Gasteiger partial charge in [-0.2, -0.15) is 0 Å². The largest absolute Gasteiger partial charge is 0.495 e.